The van der Waals surface area contributed by atoms with E-state index in [0.29, 0.717) is 41.9 Å². The van der Waals surface area contributed by atoms with Gasteiger partial charge < -0.3 is 14.8 Å². The fraction of sp³-hybridized carbons (Fsp3) is 0.350. The molecule has 0 fully saturated rings. The van der Waals surface area contributed by atoms with Crippen LogP contribution in [0.4, 0.5) is 5.69 Å². The lowest BCUT2D eigenvalue weighted by Crippen LogP contribution is -2.13. The highest BCUT2D eigenvalue weighted by Crippen LogP contribution is 2.24. The molecular weight excluding hydrogens is 302 g/mol. The van der Waals surface area contributed by atoms with E-state index in [2.05, 4.69) is 19.2 Å². The Morgan fingerprint density at radius 1 is 1.08 bits per heavy atom. The van der Waals surface area contributed by atoms with Crippen molar-refractivity contribution in [2.24, 2.45) is 5.92 Å². The van der Waals surface area contributed by atoms with Gasteiger partial charge in [0.05, 0.1) is 18.9 Å². The van der Waals surface area contributed by atoms with Crippen molar-refractivity contribution in [2.75, 3.05) is 18.5 Å². The first-order chi connectivity index (χ1) is 11.6. The maximum Gasteiger partial charge on any atom is 0.255 e. The Morgan fingerprint density at radius 2 is 1.88 bits per heavy atom. The molecule has 1 amide bonds. The Labute approximate surface area is 143 Å². The maximum absolute atomic E-state index is 12.5. The molecule has 0 aliphatic carbocycles. The van der Waals surface area contributed by atoms with Crippen LogP contribution in [-0.4, -0.2) is 19.1 Å². The summed E-state index contributed by atoms with van der Waals surface area (Å²) < 4.78 is 11.2. The highest BCUT2D eigenvalue weighted by molar-refractivity contribution is 6.05. The topological polar surface area (TPSA) is 47.6 Å². The molecule has 0 heterocycles. The standard InChI is InChI=1S/C20H25NO3/c1-4-23-19-11-6-5-10-18(19)21-20(22)16-8-7-9-17(14-16)24-13-12-15(2)3/h5-11,14-15H,4,12-13H2,1-3H3,(H,21,22). The molecule has 0 aromatic heterocycles. The first kappa shape index (κ1) is 17.9. The van der Waals surface area contributed by atoms with E-state index in [1.165, 1.54) is 0 Å². The number of rotatable bonds is 8. The molecule has 0 aliphatic rings. The Kier molecular flexibility index (Phi) is 6.67. The summed E-state index contributed by atoms with van der Waals surface area (Å²) in [5.41, 5.74) is 1.22. The maximum atomic E-state index is 12.5. The zero-order valence-corrected chi connectivity index (χ0v) is 14.5. The van der Waals surface area contributed by atoms with E-state index >= 15 is 0 Å². The first-order valence-corrected chi connectivity index (χ1v) is 8.36. The summed E-state index contributed by atoms with van der Waals surface area (Å²) in [6.07, 6.45) is 0.984. The number of carbonyl (C=O) groups excluding carboxylic acids is 1. The second-order valence-electron chi connectivity index (χ2n) is 5.94. The minimum Gasteiger partial charge on any atom is -0.494 e. The fourth-order valence-electron chi connectivity index (χ4n) is 2.19. The Hall–Kier alpha value is -2.49. The number of benzene rings is 2. The van der Waals surface area contributed by atoms with E-state index in [-0.39, 0.29) is 5.91 Å². The molecule has 2 aromatic rings. The molecule has 0 atom stereocenters. The van der Waals surface area contributed by atoms with Crippen LogP contribution in [0.3, 0.4) is 0 Å². The van der Waals surface area contributed by atoms with Crippen LogP contribution in [-0.2, 0) is 0 Å². The van der Waals surface area contributed by atoms with Gasteiger partial charge in [-0.05, 0) is 49.6 Å². The van der Waals surface area contributed by atoms with E-state index < -0.39 is 0 Å². The van der Waals surface area contributed by atoms with Crippen molar-refractivity contribution >= 4 is 11.6 Å². The van der Waals surface area contributed by atoms with Gasteiger partial charge >= 0.3 is 0 Å². The van der Waals surface area contributed by atoms with E-state index in [4.69, 9.17) is 9.47 Å². The van der Waals surface area contributed by atoms with Crippen LogP contribution < -0.4 is 14.8 Å². The van der Waals surface area contributed by atoms with Crippen LogP contribution in [0.2, 0.25) is 0 Å². The molecule has 0 unspecified atom stereocenters. The summed E-state index contributed by atoms with van der Waals surface area (Å²) in [6, 6.07) is 14.6. The second-order valence-corrected chi connectivity index (χ2v) is 5.94. The molecule has 2 aromatic carbocycles. The summed E-state index contributed by atoms with van der Waals surface area (Å²) in [5, 5.41) is 2.89. The minimum absolute atomic E-state index is 0.184. The molecule has 0 spiro atoms. The molecule has 24 heavy (non-hydrogen) atoms. The van der Waals surface area contributed by atoms with Gasteiger partial charge in [-0.15, -0.1) is 0 Å². The highest BCUT2D eigenvalue weighted by atomic mass is 16.5. The summed E-state index contributed by atoms with van der Waals surface area (Å²) in [4.78, 5) is 12.5. The van der Waals surface area contributed by atoms with Crippen LogP contribution in [0.1, 0.15) is 37.6 Å². The van der Waals surface area contributed by atoms with E-state index in [1.54, 1.807) is 12.1 Å². The molecule has 0 saturated carbocycles. The smallest absolute Gasteiger partial charge is 0.255 e. The SMILES string of the molecule is CCOc1ccccc1NC(=O)c1cccc(OCCC(C)C)c1. The number of hydrogen-bond acceptors (Lipinski definition) is 3. The number of nitrogens with one attached hydrogen (secondary N) is 1. The van der Waals surface area contributed by atoms with Gasteiger partial charge in [-0.1, -0.05) is 32.0 Å². The van der Waals surface area contributed by atoms with Gasteiger partial charge in [0.25, 0.3) is 5.91 Å². The highest BCUT2D eigenvalue weighted by Gasteiger charge is 2.10. The van der Waals surface area contributed by atoms with Crippen molar-refractivity contribution in [3.63, 3.8) is 0 Å². The van der Waals surface area contributed by atoms with Crippen molar-refractivity contribution in [3.8, 4) is 11.5 Å². The summed E-state index contributed by atoms with van der Waals surface area (Å²) in [5.74, 6) is 1.78. The summed E-state index contributed by atoms with van der Waals surface area (Å²) in [7, 11) is 0. The number of amides is 1. The van der Waals surface area contributed by atoms with Gasteiger partial charge in [0.15, 0.2) is 0 Å². The van der Waals surface area contributed by atoms with Crippen LogP contribution in [0.25, 0.3) is 0 Å². The Balaban J connectivity index is 2.05. The average Bonchev–Trinajstić information content (AvgIpc) is 2.57. The van der Waals surface area contributed by atoms with Crippen LogP contribution >= 0.6 is 0 Å². The molecule has 0 aliphatic heterocycles. The normalized spacial score (nSPS) is 10.5. The lowest BCUT2D eigenvalue weighted by Gasteiger charge is -2.12. The first-order valence-electron chi connectivity index (χ1n) is 8.36. The quantitative estimate of drug-likeness (QED) is 0.760. The summed E-state index contributed by atoms with van der Waals surface area (Å²) >= 11 is 0. The van der Waals surface area contributed by atoms with E-state index in [0.717, 1.165) is 6.42 Å². The van der Waals surface area contributed by atoms with Crippen LogP contribution in [0.15, 0.2) is 48.5 Å². The third-order valence-electron chi connectivity index (χ3n) is 3.50. The third kappa shape index (κ3) is 5.30. The lowest BCUT2D eigenvalue weighted by atomic mass is 10.1. The Bertz CT molecular complexity index is 667. The van der Waals surface area contributed by atoms with Gasteiger partial charge in [-0.3, -0.25) is 4.79 Å². The van der Waals surface area contributed by atoms with Crippen molar-refractivity contribution in [1.82, 2.24) is 0 Å². The fourth-order valence-corrected chi connectivity index (χ4v) is 2.19. The molecule has 0 saturated heterocycles. The van der Waals surface area contributed by atoms with Crippen LogP contribution in [0.5, 0.6) is 11.5 Å². The van der Waals surface area contributed by atoms with Gasteiger partial charge in [0, 0.05) is 5.56 Å². The van der Waals surface area contributed by atoms with Crippen molar-refractivity contribution in [2.45, 2.75) is 27.2 Å². The zero-order chi connectivity index (χ0) is 17.4. The van der Waals surface area contributed by atoms with Gasteiger partial charge in [-0.25, -0.2) is 0 Å². The molecule has 2 rings (SSSR count). The molecule has 0 bridgehead atoms. The van der Waals surface area contributed by atoms with Crippen molar-refractivity contribution in [3.05, 3.63) is 54.1 Å². The summed E-state index contributed by atoms with van der Waals surface area (Å²) in [6.45, 7) is 7.42. The predicted octanol–water partition coefficient (Wildman–Crippen LogP) is 4.76. The second kappa shape index (κ2) is 8.96. The molecule has 4 heteroatoms. The third-order valence-corrected chi connectivity index (χ3v) is 3.50. The molecule has 4 nitrogen and oxygen atoms in total. The van der Waals surface area contributed by atoms with E-state index in [1.807, 2.05) is 43.3 Å². The van der Waals surface area contributed by atoms with Crippen molar-refractivity contribution < 1.29 is 14.3 Å². The largest absolute Gasteiger partial charge is 0.494 e. The monoisotopic (exact) mass is 327 g/mol. The molecule has 1 N–H and O–H groups in total. The average molecular weight is 327 g/mol. The van der Waals surface area contributed by atoms with E-state index in [9.17, 15) is 4.79 Å². The van der Waals surface area contributed by atoms with Gasteiger partial charge in [0.1, 0.15) is 11.5 Å². The predicted molar refractivity (Wildman–Crippen MR) is 97.0 cm³/mol. The zero-order valence-electron chi connectivity index (χ0n) is 14.5. The minimum atomic E-state index is -0.184. The van der Waals surface area contributed by atoms with Crippen LogP contribution in [0, 0.1) is 5.92 Å². The molecular formula is C20H25NO3. The number of hydrogen-bond donors (Lipinski definition) is 1. The number of anilines is 1. The molecule has 128 valence electrons. The van der Waals surface area contributed by atoms with Gasteiger partial charge in [-0.2, -0.15) is 0 Å². The van der Waals surface area contributed by atoms with Gasteiger partial charge in [0.2, 0.25) is 0 Å². The number of carbonyl (C=O) groups is 1. The number of ether oxygens (including phenoxy) is 2. The Morgan fingerprint density at radius 3 is 2.62 bits per heavy atom. The molecule has 0 radical (unpaired) electrons. The lowest BCUT2D eigenvalue weighted by molar-refractivity contribution is 0.102. The number of para-hydroxylation sites is 2. The van der Waals surface area contributed by atoms with Crippen molar-refractivity contribution in [1.29, 1.82) is 0 Å².